The van der Waals surface area contributed by atoms with E-state index in [1.165, 1.54) is 33.0 Å². The molecule has 0 amide bonds. The summed E-state index contributed by atoms with van der Waals surface area (Å²) >= 11 is 0. The van der Waals surface area contributed by atoms with Crippen LogP contribution < -0.4 is 5.32 Å². The minimum Gasteiger partial charge on any atom is -0.485 e. The molecule has 0 bridgehead atoms. The summed E-state index contributed by atoms with van der Waals surface area (Å²) in [5.41, 5.74) is 8.13. The largest absolute Gasteiger partial charge is 0.485 e. The van der Waals surface area contributed by atoms with Gasteiger partial charge in [-0.1, -0.05) is 97.1 Å². The third kappa shape index (κ3) is 4.31. The molecule has 0 radical (unpaired) electrons. The van der Waals surface area contributed by atoms with Crippen molar-refractivity contribution in [3.63, 3.8) is 0 Å². The molecule has 2 unspecified atom stereocenters. The Hall–Kier alpha value is -4.82. The van der Waals surface area contributed by atoms with Crippen LogP contribution in [0.4, 0.5) is 11.4 Å². The third-order valence-electron chi connectivity index (χ3n) is 7.39. The van der Waals surface area contributed by atoms with E-state index in [0.29, 0.717) is 5.92 Å². The summed E-state index contributed by atoms with van der Waals surface area (Å²) in [6.07, 6.45) is 10.8. The Kier molecular flexibility index (Phi) is 5.64. The van der Waals surface area contributed by atoms with Gasteiger partial charge in [0.05, 0.1) is 0 Å². The van der Waals surface area contributed by atoms with E-state index in [1.807, 2.05) is 0 Å². The van der Waals surface area contributed by atoms with Crippen LogP contribution in [0.25, 0.3) is 38.8 Å². The van der Waals surface area contributed by atoms with Crippen LogP contribution >= 0.6 is 0 Å². The van der Waals surface area contributed by atoms with Crippen molar-refractivity contribution in [3.05, 3.63) is 151 Å². The maximum absolute atomic E-state index is 6.12. The highest BCUT2D eigenvalue weighted by Crippen LogP contribution is 2.34. The molecule has 0 fully saturated rings. The van der Waals surface area contributed by atoms with Crippen LogP contribution in [0.2, 0.25) is 0 Å². The molecule has 1 aliphatic heterocycles. The summed E-state index contributed by atoms with van der Waals surface area (Å²) < 4.78 is 6.12. The molecule has 0 spiro atoms. The number of nitrogens with one attached hydrogen (secondary N) is 1. The van der Waals surface area contributed by atoms with Gasteiger partial charge in [-0.15, -0.1) is 0 Å². The lowest BCUT2D eigenvalue weighted by atomic mass is 9.96. The molecule has 1 heterocycles. The van der Waals surface area contributed by atoms with Gasteiger partial charge in [-0.25, -0.2) is 0 Å². The molecule has 2 aliphatic rings. The number of rotatable bonds is 5. The van der Waals surface area contributed by atoms with Crippen LogP contribution in [0.5, 0.6) is 0 Å². The van der Waals surface area contributed by atoms with Crippen LogP contribution in [-0.4, -0.2) is 6.10 Å². The first kappa shape index (κ1) is 22.4. The van der Waals surface area contributed by atoms with Crippen molar-refractivity contribution in [1.29, 1.82) is 0 Å². The molecule has 2 nitrogen and oxygen atoms in total. The van der Waals surface area contributed by atoms with Gasteiger partial charge in [0.15, 0.2) is 0 Å². The Balaban J connectivity index is 1.04. The van der Waals surface area contributed by atoms with E-state index in [9.17, 15) is 0 Å². The lowest BCUT2D eigenvalue weighted by Crippen LogP contribution is -2.13. The molecule has 38 heavy (non-hydrogen) atoms. The number of benzene rings is 5. The molecule has 0 saturated heterocycles. The Labute approximate surface area is 223 Å². The zero-order valence-corrected chi connectivity index (χ0v) is 20.9. The maximum Gasteiger partial charge on any atom is 0.127 e. The van der Waals surface area contributed by atoms with E-state index < -0.39 is 0 Å². The molecule has 5 aromatic rings. The van der Waals surface area contributed by atoms with Gasteiger partial charge >= 0.3 is 0 Å². The van der Waals surface area contributed by atoms with Gasteiger partial charge in [-0.3, -0.25) is 0 Å². The molecule has 182 valence electrons. The molecule has 1 aliphatic carbocycles. The van der Waals surface area contributed by atoms with E-state index in [-0.39, 0.29) is 6.10 Å². The van der Waals surface area contributed by atoms with E-state index >= 15 is 0 Å². The van der Waals surface area contributed by atoms with Gasteiger partial charge in [-0.05, 0) is 81.6 Å². The monoisotopic (exact) mass is 489 g/mol. The zero-order chi connectivity index (χ0) is 25.3. The maximum atomic E-state index is 6.12. The number of fused-ring (bicyclic) bond motifs is 2. The molecule has 2 heteroatoms. The van der Waals surface area contributed by atoms with E-state index in [2.05, 4.69) is 151 Å². The minimum absolute atomic E-state index is 0.126. The van der Waals surface area contributed by atoms with E-state index in [0.717, 1.165) is 22.7 Å². The zero-order valence-electron chi connectivity index (χ0n) is 20.9. The van der Waals surface area contributed by atoms with Gasteiger partial charge in [0, 0.05) is 22.9 Å². The second-order valence-corrected chi connectivity index (χ2v) is 9.84. The van der Waals surface area contributed by atoms with Gasteiger partial charge < -0.3 is 10.1 Å². The molecule has 0 saturated carbocycles. The van der Waals surface area contributed by atoms with Crippen LogP contribution in [-0.2, 0) is 4.74 Å². The first-order valence-electron chi connectivity index (χ1n) is 13.1. The quantitative estimate of drug-likeness (QED) is 0.265. The smallest absolute Gasteiger partial charge is 0.127 e. The lowest BCUT2D eigenvalue weighted by molar-refractivity contribution is 0.213. The average Bonchev–Trinajstić information content (AvgIpc) is 3.42. The van der Waals surface area contributed by atoms with Crippen molar-refractivity contribution in [2.24, 2.45) is 5.92 Å². The highest BCUT2D eigenvalue weighted by atomic mass is 16.5. The Bertz CT molecular complexity index is 1680. The van der Waals surface area contributed by atoms with Gasteiger partial charge in [0.25, 0.3) is 0 Å². The average molecular weight is 490 g/mol. The van der Waals surface area contributed by atoms with Crippen LogP contribution in [0.3, 0.4) is 0 Å². The molecule has 5 aromatic carbocycles. The molecule has 0 aromatic heterocycles. The summed E-state index contributed by atoms with van der Waals surface area (Å²) in [5, 5.41) is 6.07. The molecular formula is C36H27NO. The number of hydrogen-bond donors (Lipinski definition) is 1. The fourth-order valence-electron chi connectivity index (χ4n) is 5.35. The van der Waals surface area contributed by atoms with E-state index in [4.69, 9.17) is 4.74 Å². The highest BCUT2D eigenvalue weighted by molar-refractivity contribution is 5.96. The van der Waals surface area contributed by atoms with Crippen LogP contribution in [0.1, 0.15) is 5.56 Å². The summed E-state index contributed by atoms with van der Waals surface area (Å²) in [6, 6.07) is 40.9. The Morgan fingerprint density at radius 3 is 1.87 bits per heavy atom. The van der Waals surface area contributed by atoms with Crippen molar-refractivity contribution >= 4 is 27.9 Å². The van der Waals surface area contributed by atoms with Crippen molar-refractivity contribution in [1.82, 2.24) is 0 Å². The molecule has 2 atom stereocenters. The second-order valence-electron chi connectivity index (χ2n) is 9.84. The SMILES string of the molecule is C1=CC2C=C(c3ccc(Nc4ccc(-c5ccc(-c6cccc7ccccc67)cc5)cc4)cc3)OC2C=C1. The summed E-state index contributed by atoms with van der Waals surface area (Å²) in [4.78, 5) is 0. The Morgan fingerprint density at radius 1 is 0.526 bits per heavy atom. The van der Waals surface area contributed by atoms with E-state index in [1.54, 1.807) is 0 Å². The molecule has 1 N–H and O–H groups in total. The predicted molar refractivity (Wildman–Crippen MR) is 159 cm³/mol. The van der Waals surface area contributed by atoms with Crippen molar-refractivity contribution in [3.8, 4) is 22.3 Å². The second kappa shape index (κ2) is 9.57. The van der Waals surface area contributed by atoms with Crippen molar-refractivity contribution < 1.29 is 4.74 Å². The number of anilines is 2. The lowest BCUT2D eigenvalue weighted by Gasteiger charge is -2.15. The first-order valence-corrected chi connectivity index (χ1v) is 13.1. The number of hydrogen-bond acceptors (Lipinski definition) is 2. The molecular weight excluding hydrogens is 462 g/mol. The van der Waals surface area contributed by atoms with Gasteiger partial charge in [0.2, 0.25) is 0 Å². The Morgan fingerprint density at radius 2 is 1.13 bits per heavy atom. The highest BCUT2D eigenvalue weighted by Gasteiger charge is 2.26. The summed E-state index contributed by atoms with van der Waals surface area (Å²) in [7, 11) is 0. The fraction of sp³-hybridized carbons (Fsp3) is 0.0556. The van der Waals surface area contributed by atoms with Gasteiger partial charge in [-0.2, -0.15) is 0 Å². The van der Waals surface area contributed by atoms with Crippen molar-refractivity contribution in [2.45, 2.75) is 6.10 Å². The standard InChI is InChI=1S/C36H27NO/c1-3-9-33-27(6-1)8-5-10-34(33)28-14-12-25(13-15-28)26-16-20-31(21-17-26)37-32-22-18-29(19-23-32)36-24-30-7-2-4-11-35(30)38-36/h1-24,30,35,37H. The minimum atomic E-state index is 0.126. The summed E-state index contributed by atoms with van der Waals surface area (Å²) in [5.74, 6) is 1.29. The summed E-state index contributed by atoms with van der Waals surface area (Å²) in [6.45, 7) is 0. The fourth-order valence-corrected chi connectivity index (χ4v) is 5.35. The predicted octanol–water partition coefficient (Wildman–Crippen LogP) is 9.40. The molecule has 7 rings (SSSR count). The number of ether oxygens (including phenoxy) is 1. The normalized spacial score (nSPS) is 17.6. The van der Waals surface area contributed by atoms with Crippen LogP contribution in [0.15, 0.2) is 146 Å². The third-order valence-corrected chi connectivity index (χ3v) is 7.39. The van der Waals surface area contributed by atoms with Crippen molar-refractivity contribution in [2.75, 3.05) is 5.32 Å². The van der Waals surface area contributed by atoms with Crippen LogP contribution in [0, 0.1) is 5.92 Å². The van der Waals surface area contributed by atoms with Gasteiger partial charge in [0.1, 0.15) is 11.9 Å². The first-order chi connectivity index (χ1) is 18.8. The number of allylic oxidation sites excluding steroid dienone is 2. The topological polar surface area (TPSA) is 21.3 Å².